The number of pyridine rings is 1. The molecule has 0 saturated heterocycles. The number of rotatable bonds is 6. The quantitative estimate of drug-likeness (QED) is 0.567. The molecule has 0 saturated carbocycles. The SMILES string of the molecule is Cc1cccc(-c2cc(CNC[C@@H](C)c3ccccc3)c3nnnn3c2)c1. The van der Waals surface area contributed by atoms with Gasteiger partial charge in [0.25, 0.3) is 0 Å². The van der Waals surface area contributed by atoms with E-state index < -0.39 is 0 Å². The van der Waals surface area contributed by atoms with Gasteiger partial charge in [-0.3, -0.25) is 0 Å². The summed E-state index contributed by atoms with van der Waals surface area (Å²) in [5.74, 6) is 0.443. The summed E-state index contributed by atoms with van der Waals surface area (Å²) >= 11 is 0. The van der Waals surface area contributed by atoms with Gasteiger partial charge in [0.15, 0.2) is 5.65 Å². The van der Waals surface area contributed by atoms with Gasteiger partial charge in [0.1, 0.15) is 0 Å². The topological polar surface area (TPSA) is 55.1 Å². The molecule has 5 heteroatoms. The number of benzene rings is 2. The van der Waals surface area contributed by atoms with Crippen molar-refractivity contribution in [3.05, 3.63) is 83.6 Å². The van der Waals surface area contributed by atoms with E-state index in [1.54, 1.807) is 4.52 Å². The fourth-order valence-corrected chi connectivity index (χ4v) is 3.35. The standard InChI is InChI=1S/C22H23N5/c1-16-7-6-10-19(11-16)21-12-20(22-24-25-26-27(22)15-21)14-23-13-17(2)18-8-4-3-5-9-18/h3-12,15,17,23H,13-14H2,1-2H3/t17-/m1/s1. The first kappa shape index (κ1) is 17.4. The highest BCUT2D eigenvalue weighted by molar-refractivity contribution is 5.67. The smallest absolute Gasteiger partial charge is 0.183 e. The Hall–Kier alpha value is -3.05. The molecule has 2 aromatic carbocycles. The monoisotopic (exact) mass is 357 g/mol. The molecule has 0 spiro atoms. The summed E-state index contributed by atoms with van der Waals surface area (Å²) in [7, 11) is 0. The van der Waals surface area contributed by atoms with Crippen molar-refractivity contribution in [2.75, 3.05) is 6.54 Å². The molecule has 1 N–H and O–H groups in total. The van der Waals surface area contributed by atoms with Crippen LogP contribution in [0.25, 0.3) is 16.8 Å². The second-order valence-corrected chi connectivity index (χ2v) is 7.01. The van der Waals surface area contributed by atoms with Crippen LogP contribution in [-0.4, -0.2) is 26.6 Å². The van der Waals surface area contributed by atoms with Gasteiger partial charge in [-0.1, -0.05) is 67.1 Å². The fraction of sp³-hybridized carbons (Fsp3) is 0.227. The van der Waals surface area contributed by atoms with Crippen LogP contribution < -0.4 is 5.32 Å². The van der Waals surface area contributed by atoms with Gasteiger partial charge in [-0.2, -0.15) is 4.52 Å². The number of aromatic nitrogens is 4. The minimum absolute atomic E-state index is 0.443. The first-order chi connectivity index (χ1) is 13.2. The minimum Gasteiger partial charge on any atom is -0.312 e. The molecule has 0 amide bonds. The van der Waals surface area contributed by atoms with E-state index in [0.29, 0.717) is 5.92 Å². The van der Waals surface area contributed by atoms with Gasteiger partial charge in [0.2, 0.25) is 0 Å². The maximum Gasteiger partial charge on any atom is 0.183 e. The highest BCUT2D eigenvalue weighted by atomic mass is 15.5. The number of nitrogens with zero attached hydrogens (tertiary/aromatic N) is 4. The van der Waals surface area contributed by atoms with E-state index >= 15 is 0 Å². The van der Waals surface area contributed by atoms with Crippen LogP contribution in [0.15, 0.2) is 66.9 Å². The Labute approximate surface area is 159 Å². The molecule has 0 aliphatic carbocycles. The lowest BCUT2D eigenvalue weighted by Gasteiger charge is -2.14. The second-order valence-electron chi connectivity index (χ2n) is 7.01. The predicted octanol–water partition coefficient (Wildman–Crippen LogP) is 3.99. The first-order valence-corrected chi connectivity index (χ1v) is 9.24. The molecule has 4 aromatic rings. The number of aryl methyl sites for hydroxylation is 1. The molecule has 0 bridgehead atoms. The molecule has 2 aromatic heterocycles. The normalized spacial score (nSPS) is 12.4. The molecule has 0 aliphatic rings. The number of fused-ring (bicyclic) bond motifs is 1. The largest absolute Gasteiger partial charge is 0.312 e. The predicted molar refractivity (Wildman–Crippen MR) is 108 cm³/mol. The molecule has 5 nitrogen and oxygen atoms in total. The van der Waals surface area contributed by atoms with Crippen LogP contribution in [0.1, 0.15) is 29.5 Å². The van der Waals surface area contributed by atoms with E-state index in [1.165, 1.54) is 16.7 Å². The van der Waals surface area contributed by atoms with Gasteiger partial charge >= 0.3 is 0 Å². The van der Waals surface area contributed by atoms with Gasteiger partial charge in [-0.05, 0) is 40.5 Å². The van der Waals surface area contributed by atoms with Crippen molar-refractivity contribution in [1.82, 2.24) is 25.4 Å². The van der Waals surface area contributed by atoms with Gasteiger partial charge in [0.05, 0.1) is 0 Å². The molecule has 0 fully saturated rings. The molecule has 2 heterocycles. The van der Waals surface area contributed by atoms with Crippen molar-refractivity contribution in [2.45, 2.75) is 26.3 Å². The summed E-state index contributed by atoms with van der Waals surface area (Å²) in [6.07, 6.45) is 1.99. The third-order valence-electron chi connectivity index (χ3n) is 4.86. The number of hydrogen-bond donors (Lipinski definition) is 1. The Balaban J connectivity index is 1.55. The molecular weight excluding hydrogens is 334 g/mol. The van der Waals surface area contributed by atoms with Crippen LogP contribution >= 0.6 is 0 Å². The molecule has 136 valence electrons. The fourth-order valence-electron chi connectivity index (χ4n) is 3.35. The van der Waals surface area contributed by atoms with E-state index in [1.807, 2.05) is 6.20 Å². The summed E-state index contributed by atoms with van der Waals surface area (Å²) in [5, 5.41) is 15.7. The first-order valence-electron chi connectivity index (χ1n) is 9.24. The molecule has 1 atom stereocenters. The Kier molecular flexibility index (Phi) is 4.94. The summed E-state index contributed by atoms with van der Waals surface area (Å²) in [5.41, 5.74) is 6.76. The Morgan fingerprint density at radius 2 is 1.85 bits per heavy atom. The van der Waals surface area contributed by atoms with Crippen LogP contribution in [0.4, 0.5) is 0 Å². The number of nitrogens with one attached hydrogen (secondary N) is 1. The van der Waals surface area contributed by atoms with Crippen LogP contribution in [0, 0.1) is 6.92 Å². The summed E-state index contributed by atoms with van der Waals surface area (Å²) < 4.78 is 1.76. The van der Waals surface area contributed by atoms with Crippen molar-refractivity contribution in [3.8, 4) is 11.1 Å². The third-order valence-corrected chi connectivity index (χ3v) is 4.86. The lowest BCUT2D eigenvalue weighted by Crippen LogP contribution is -2.20. The minimum atomic E-state index is 0.443. The molecule has 0 radical (unpaired) electrons. The van der Waals surface area contributed by atoms with Crippen molar-refractivity contribution in [3.63, 3.8) is 0 Å². The zero-order chi connectivity index (χ0) is 18.6. The van der Waals surface area contributed by atoms with E-state index in [2.05, 4.69) is 95.4 Å². The Morgan fingerprint density at radius 1 is 1.00 bits per heavy atom. The van der Waals surface area contributed by atoms with Crippen molar-refractivity contribution in [1.29, 1.82) is 0 Å². The van der Waals surface area contributed by atoms with Crippen molar-refractivity contribution < 1.29 is 0 Å². The molecule has 0 aliphatic heterocycles. The van der Waals surface area contributed by atoms with Gasteiger partial charge in [-0.15, -0.1) is 5.10 Å². The second kappa shape index (κ2) is 7.68. The van der Waals surface area contributed by atoms with Crippen molar-refractivity contribution in [2.24, 2.45) is 0 Å². The summed E-state index contributed by atoms with van der Waals surface area (Å²) in [6, 6.07) is 21.2. The molecular formula is C22H23N5. The Morgan fingerprint density at radius 3 is 2.67 bits per heavy atom. The summed E-state index contributed by atoms with van der Waals surface area (Å²) in [4.78, 5) is 0. The van der Waals surface area contributed by atoms with Crippen LogP contribution in [0.5, 0.6) is 0 Å². The zero-order valence-corrected chi connectivity index (χ0v) is 15.6. The van der Waals surface area contributed by atoms with Gasteiger partial charge in [0, 0.05) is 30.4 Å². The van der Waals surface area contributed by atoms with E-state index in [0.717, 1.165) is 29.9 Å². The van der Waals surface area contributed by atoms with Crippen molar-refractivity contribution >= 4 is 5.65 Å². The average Bonchev–Trinajstić information content (AvgIpc) is 3.17. The van der Waals surface area contributed by atoms with E-state index in [-0.39, 0.29) is 0 Å². The zero-order valence-electron chi connectivity index (χ0n) is 15.6. The lowest BCUT2D eigenvalue weighted by atomic mass is 10.0. The van der Waals surface area contributed by atoms with E-state index in [9.17, 15) is 0 Å². The molecule has 0 unspecified atom stereocenters. The molecule has 27 heavy (non-hydrogen) atoms. The third kappa shape index (κ3) is 3.88. The lowest BCUT2D eigenvalue weighted by molar-refractivity contribution is 0.615. The van der Waals surface area contributed by atoms with Crippen LogP contribution in [-0.2, 0) is 6.54 Å². The highest BCUT2D eigenvalue weighted by Gasteiger charge is 2.10. The maximum absolute atomic E-state index is 4.19. The summed E-state index contributed by atoms with van der Waals surface area (Å²) in [6.45, 7) is 5.96. The van der Waals surface area contributed by atoms with Gasteiger partial charge < -0.3 is 5.32 Å². The van der Waals surface area contributed by atoms with Crippen LogP contribution in [0.3, 0.4) is 0 Å². The average molecular weight is 357 g/mol. The van der Waals surface area contributed by atoms with Crippen LogP contribution in [0.2, 0.25) is 0 Å². The number of hydrogen-bond acceptors (Lipinski definition) is 4. The Bertz CT molecular complexity index is 1040. The maximum atomic E-state index is 4.19. The van der Waals surface area contributed by atoms with Gasteiger partial charge in [-0.25, -0.2) is 0 Å². The number of tetrazole rings is 1. The molecule has 4 rings (SSSR count). The highest BCUT2D eigenvalue weighted by Crippen LogP contribution is 2.23. The van der Waals surface area contributed by atoms with E-state index in [4.69, 9.17) is 0 Å².